The zero-order valence-electron chi connectivity index (χ0n) is 14.6. The third kappa shape index (κ3) is 4.28. The van der Waals surface area contributed by atoms with E-state index < -0.39 is 0 Å². The summed E-state index contributed by atoms with van der Waals surface area (Å²) in [6, 6.07) is 8.36. The Bertz CT molecular complexity index is 555. The Labute approximate surface area is 144 Å². The molecular weight excluding hydrogens is 302 g/mol. The van der Waals surface area contributed by atoms with Crippen LogP contribution in [0.15, 0.2) is 24.3 Å². The molecule has 0 spiro atoms. The molecule has 2 fully saturated rings. The molecule has 1 atom stereocenters. The van der Waals surface area contributed by atoms with E-state index in [-0.39, 0.29) is 18.4 Å². The molecule has 2 heterocycles. The largest absolute Gasteiger partial charge is 0.396 e. The molecule has 1 aromatic carbocycles. The highest BCUT2D eigenvalue weighted by Crippen LogP contribution is 2.21. The van der Waals surface area contributed by atoms with E-state index in [1.54, 1.807) is 0 Å². The van der Waals surface area contributed by atoms with Gasteiger partial charge in [0.05, 0.1) is 0 Å². The molecule has 2 aliphatic heterocycles. The zero-order chi connectivity index (χ0) is 16.9. The van der Waals surface area contributed by atoms with Gasteiger partial charge in [-0.05, 0) is 69.9 Å². The van der Waals surface area contributed by atoms with Gasteiger partial charge in [-0.1, -0.05) is 6.07 Å². The molecule has 2 aliphatic rings. The van der Waals surface area contributed by atoms with Crippen molar-refractivity contribution < 1.29 is 9.90 Å². The summed E-state index contributed by atoms with van der Waals surface area (Å²) in [4.78, 5) is 17.0. The summed E-state index contributed by atoms with van der Waals surface area (Å²) < 4.78 is 0. The number of nitrogens with zero attached hydrogens (tertiary/aromatic N) is 2. The van der Waals surface area contributed by atoms with Crippen LogP contribution in [0.1, 0.15) is 36.0 Å². The van der Waals surface area contributed by atoms with Gasteiger partial charge in [0.1, 0.15) is 0 Å². The standard InChI is InChI=1S/C19H29N3O2/c1-21-10-7-17(8-11-21)20-18-6-2-5-16(12-18)19(24)22-9-3-4-15(13-22)14-23/h2,5-6,12,15,17,20,23H,3-4,7-11,13-14H2,1H3. The molecule has 0 aromatic heterocycles. The van der Waals surface area contributed by atoms with Gasteiger partial charge in [-0.25, -0.2) is 0 Å². The number of hydrogen-bond donors (Lipinski definition) is 2. The average molecular weight is 331 g/mol. The monoisotopic (exact) mass is 331 g/mol. The molecule has 24 heavy (non-hydrogen) atoms. The Morgan fingerprint density at radius 3 is 2.79 bits per heavy atom. The lowest BCUT2D eigenvalue weighted by Crippen LogP contribution is -2.41. The second kappa shape index (κ2) is 7.99. The number of likely N-dealkylation sites (tertiary alicyclic amines) is 2. The molecule has 1 amide bonds. The van der Waals surface area contributed by atoms with Crippen LogP contribution in [0.4, 0.5) is 5.69 Å². The number of carbonyl (C=O) groups is 1. The first-order valence-electron chi connectivity index (χ1n) is 9.11. The van der Waals surface area contributed by atoms with Crippen LogP contribution >= 0.6 is 0 Å². The van der Waals surface area contributed by atoms with Crippen molar-refractivity contribution in [2.75, 3.05) is 45.2 Å². The van der Waals surface area contributed by atoms with Crippen LogP contribution in [-0.2, 0) is 0 Å². The Morgan fingerprint density at radius 2 is 2.04 bits per heavy atom. The number of anilines is 1. The van der Waals surface area contributed by atoms with Crippen LogP contribution < -0.4 is 5.32 Å². The van der Waals surface area contributed by atoms with E-state index in [0.29, 0.717) is 12.6 Å². The molecule has 0 bridgehead atoms. The van der Waals surface area contributed by atoms with E-state index in [1.165, 1.54) is 0 Å². The first kappa shape index (κ1) is 17.2. The lowest BCUT2D eigenvalue weighted by molar-refractivity contribution is 0.0621. The number of rotatable bonds is 4. The molecule has 2 saturated heterocycles. The van der Waals surface area contributed by atoms with Gasteiger partial charge in [-0.3, -0.25) is 4.79 Å². The van der Waals surface area contributed by atoms with Crippen LogP contribution in [0.3, 0.4) is 0 Å². The predicted molar refractivity (Wildman–Crippen MR) is 96.3 cm³/mol. The molecular formula is C19H29N3O2. The predicted octanol–water partition coefficient (Wildman–Crippen LogP) is 2.04. The highest BCUT2D eigenvalue weighted by molar-refractivity contribution is 5.95. The summed E-state index contributed by atoms with van der Waals surface area (Å²) in [5.41, 5.74) is 1.78. The number of nitrogens with one attached hydrogen (secondary N) is 1. The first-order valence-corrected chi connectivity index (χ1v) is 9.11. The maximum atomic E-state index is 12.8. The van der Waals surface area contributed by atoms with E-state index in [4.69, 9.17) is 0 Å². The molecule has 3 rings (SSSR count). The van der Waals surface area contributed by atoms with Crippen molar-refractivity contribution in [3.05, 3.63) is 29.8 Å². The van der Waals surface area contributed by atoms with Crippen molar-refractivity contribution in [3.63, 3.8) is 0 Å². The molecule has 0 radical (unpaired) electrons. The second-order valence-electron chi connectivity index (χ2n) is 7.24. The van der Waals surface area contributed by atoms with Crippen molar-refractivity contribution in [2.45, 2.75) is 31.7 Å². The molecule has 1 aromatic rings. The minimum absolute atomic E-state index is 0.0835. The number of carbonyl (C=O) groups excluding carboxylic acids is 1. The topological polar surface area (TPSA) is 55.8 Å². The van der Waals surface area contributed by atoms with E-state index in [9.17, 15) is 9.90 Å². The van der Waals surface area contributed by atoms with Crippen molar-refractivity contribution in [1.82, 2.24) is 9.80 Å². The molecule has 0 aliphatic carbocycles. The fourth-order valence-corrected chi connectivity index (χ4v) is 3.71. The van der Waals surface area contributed by atoms with Crippen LogP contribution in [-0.4, -0.2) is 66.7 Å². The number of aliphatic hydroxyl groups excluding tert-OH is 1. The van der Waals surface area contributed by atoms with Gasteiger partial charge in [0.25, 0.3) is 5.91 Å². The highest BCUT2D eigenvalue weighted by Gasteiger charge is 2.24. The first-order chi connectivity index (χ1) is 11.7. The van der Waals surface area contributed by atoms with E-state index >= 15 is 0 Å². The smallest absolute Gasteiger partial charge is 0.253 e. The molecule has 0 saturated carbocycles. The molecule has 5 nitrogen and oxygen atoms in total. The van der Waals surface area contributed by atoms with E-state index in [2.05, 4.69) is 17.3 Å². The van der Waals surface area contributed by atoms with Gasteiger partial charge in [0.15, 0.2) is 0 Å². The summed E-state index contributed by atoms with van der Waals surface area (Å²) in [5, 5.41) is 12.9. The minimum Gasteiger partial charge on any atom is -0.396 e. The summed E-state index contributed by atoms with van der Waals surface area (Å²) in [7, 11) is 2.16. The van der Waals surface area contributed by atoms with Crippen molar-refractivity contribution in [3.8, 4) is 0 Å². The Morgan fingerprint density at radius 1 is 1.25 bits per heavy atom. The van der Waals surface area contributed by atoms with Crippen LogP contribution in [0.5, 0.6) is 0 Å². The fourth-order valence-electron chi connectivity index (χ4n) is 3.71. The number of aliphatic hydroxyl groups is 1. The van der Waals surface area contributed by atoms with Gasteiger partial charge in [-0.15, -0.1) is 0 Å². The van der Waals surface area contributed by atoms with Gasteiger partial charge in [0, 0.05) is 37.0 Å². The molecule has 1 unspecified atom stereocenters. The highest BCUT2D eigenvalue weighted by atomic mass is 16.3. The quantitative estimate of drug-likeness (QED) is 0.886. The van der Waals surface area contributed by atoms with Crippen molar-refractivity contribution in [2.24, 2.45) is 5.92 Å². The third-order valence-corrected chi connectivity index (χ3v) is 5.26. The van der Waals surface area contributed by atoms with Crippen LogP contribution in [0, 0.1) is 5.92 Å². The Hall–Kier alpha value is -1.59. The fraction of sp³-hybridized carbons (Fsp3) is 0.632. The van der Waals surface area contributed by atoms with Crippen LogP contribution in [0.2, 0.25) is 0 Å². The molecule has 132 valence electrons. The number of amides is 1. The van der Waals surface area contributed by atoms with Gasteiger partial charge in [-0.2, -0.15) is 0 Å². The maximum absolute atomic E-state index is 12.8. The van der Waals surface area contributed by atoms with Crippen LogP contribution in [0.25, 0.3) is 0 Å². The maximum Gasteiger partial charge on any atom is 0.253 e. The van der Waals surface area contributed by atoms with Gasteiger partial charge < -0.3 is 20.2 Å². The summed E-state index contributed by atoms with van der Waals surface area (Å²) in [5.74, 6) is 0.309. The number of benzene rings is 1. The van der Waals surface area contributed by atoms with Crippen molar-refractivity contribution >= 4 is 11.6 Å². The summed E-state index contributed by atoms with van der Waals surface area (Å²) >= 11 is 0. The lowest BCUT2D eigenvalue weighted by Gasteiger charge is -2.32. The SMILES string of the molecule is CN1CCC(Nc2cccc(C(=O)N3CCCC(CO)C3)c2)CC1. The minimum atomic E-state index is 0.0835. The molecule has 5 heteroatoms. The average Bonchev–Trinajstić information content (AvgIpc) is 2.63. The molecule has 2 N–H and O–H groups in total. The Balaban J connectivity index is 1.63. The summed E-state index contributed by atoms with van der Waals surface area (Å²) in [6.07, 6.45) is 4.26. The lowest BCUT2D eigenvalue weighted by atomic mass is 9.98. The second-order valence-corrected chi connectivity index (χ2v) is 7.24. The van der Waals surface area contributed by atoms with E-state index in [1.807, 2.05) is 29.2 Å². The van der Waals surface area contributed by atoms with E-state index in [0.717, 1.165) is 56.6 Å². The normalized spacial score (nSPS) is 23.2. The zero-order valence-corrected chi connectivity index (χ0v) is 14.6. The summed E-state index contributed by atoms with van der Waals surface area (Å²) in [6.45, 7) is 3.87. The van der Waals surface area contributed by atoms with Gasteiger partial charge >= 0.3 is 0 Å². The van der Waals surface area contributed by atoms with Gasteiger partial charge in [0.2, 0.25) is 0 Å². The Kier molecular flexibility index (Phi) is 5.74. The third-order valence-electron chi connectivity index (χ3n) is 5.26. The van der Waals surface area contributed by atoms with Crippen molar-refractivity contribution in [1.29, 1.82) is 0 Å². The number of hydrogen-bond acceptors (Lipinski definition) is 4. The number of piperidine rings is 2.